The van der Waals surface area contributed by atoms with E-state index in [0.29, 0.717) is 48.6 Å². The minimum Gasteiger partial charge on any atom is -0.490 e. The summed E-state index contributed by atoms with van der Waals surface area (Å²) in [4.78, 5) is 14.7. The number of halogens is 1. The molecule has 4 rings (SSSR count). The molecular formula is C23H27ClN2O5. The number of nitrogens with zero attached hydrogens (tertiary/aromatic N) is 1. The molecule has 1 saturated heterocycles. The Bertz CT molecular complexity index is 915. The number of hydrogen-bond acceptors (Lipinski definition) is 6. The van der Waals surface area contributed by atoms with Crippen LogP contribution >= 0.6 is 11.6 Å². The molecule has 2 aliphatic heterocycles. The highest BCUT2D eigenvalue weighted by atomic mass is 35.5. The minimum absolute atomic E-state index is 0.105. The van der Waals surface area contributed by atoms with Crippen molar-refractivity contribution >= 4 is 23.2 Å². The molecule has 166 valence electrons. The van der Waals surface area contributed by atoms with Crippen molar-refractivity contribution in [2.45, 2.75) is 25.9 Å². The van der Waals surface area contributed by atoms with E-state index in [1.54, 1.807) is 12.1 Å². The molecule has 0 aromatic heterocycles. The zero-order valence-electron chi connectivity index (χ0n) is 17.6. The molecule has 0 aliphatic carbocycles. The van der Waals surface area contributed by atoms with Crippen LogP contribution in [0.4, 0.5) is 5.69 Å². The predicted molar refractivity (Wildman–Crippen MR) is 119 cm³/mol. The maximum Gasteiger partial charge on any atom is 0.238 e. The van der Waals surface area contributed by atoms with Crippen LogP contribution in [-0.2, 0) is 4.79 Å². The summed E-state index contributed by atoms with van der Waals surface area (Å²) in [6, 6.07) is 11.1. The molecule has 0 spiro atoms. The lowest BCUT2D eigenvalue weighted by Gasteiger charge is -2.32. The van der Waals surface area contributed by atoms with E-state index in [9.17, 15) is 4.79 Å². The lowest BCUT2D eigenvalue weighted by molar-refractivity contribution is -0.117. The zero-order chi connectivity index (χ0) is 21.6. The smallest absolute Gasteiger partial charge is 0.238 e. The van der Waals surface area contributed by atoms with Gasteiger partial charge >= 0.3 is 0 Å². The number of fused-ring (bicyclic) bond motifs is 1. The van der Waals surface area contributed by atoms with Gasteiger partial charge in [0, 0.05) is 25.2 Å². The molecule has 2 aromatic carbocycles. The maximum absolute atomic E-state index is 12.6. The lowest BCUT2D eigenvalue weighted by Crippen LogP contribution is -2.42. The van der Waals surface area contributed by atoms with E-state index < -0.39 is 0 Å². The topological polar surface area (TPSA) is 69.3 Å². The van der Waals surface area contributed by atoms with E-state index in [2.05, 4.69) is 10.2 Å². The fourth-order valence-corrected chi connectivity index (χ4v) is 3.94. The minimum atomic E-state index is -0.111. The summed E-state index contributed by atoms with van der Waals surface area (Å²) in [7, 11) is 0. The Balaban J connectivity index is 1.27. The summed E-state index contributed by atoms with van der Waals surface area (Å²) in [5.41, 5.74) is 0.529. The van der Waals surface area contributed by atoms with Gasteiger partial charge in [0.25, 0.3) is 0 Å². The highest BCUT2D eigenvalue weighted by molar-refractivity contribution is 6.34. The first-order valence-corrected chi connectivity index (χ1v) is 11.0. The lowest BCUT2D eigenvalue weighted by atomic mass is 10.1. The van der Waals surface area contributed by atoms with E-state index in [-0.39, 0.29) is 12.0 Å². The van der Waals surface area contributed by atoms with Crippen molar-refractivity contribution in [2.75, 3.05) is 44.8 Å². The van der Waals surface area contributed by atoms with E-state index in [0.717, 1.165) is 37.4 Å². The van der Waals surface area contributed by atoms with Gasteiger partial charge in [0.15, 0.2) is 23.0 Å². The molecule has 31 heavy (non-hydrogen) atoms. The maximum atomic E-state index is 12.6. The van der Waals surface area contributed by atoms with Gasteiger partial charge in [-0.3, -0.25) is 9.69 Å². The second kappa shape index (κ2) is 10.1. The molecule has 2 aromatic rings. The van der Waals surface area contributed by atoms with Gasteiger partial charge in [0.1, 0.15) is 19.3 Å². The van der Waals surface area contributed by atoms with E-state index in [1.165, 1.54) is 0 Å². The highest BCUT2D eigenvalue weighted by Gasteiger charge is 2.24. The highest BCUT2D eigenvalue weighted by Crippen LogP contribution is 2.38. The van der Waals surface area contributed by atoms with Crippen LogP contribution in [0.5, 0.6) is 23.0 Å². The summed E-state index contributed by atoms with van der Waals surface area (Å²) < 4.78 is 22.9. The molecule has 0 bridgehead atoms. The van der Waals surface area contributed by atoms with E-state index >= 15 is 0 Å². The number of para-hydroxylation sites is 2. The molecule has 1 fully saturated rings. The Kier molecular flexibility index (Phi) is 7.04. The van der Waals surface area contributed by atoms with Crippen molar-refractivity contribution in [2.24, 2.45) is 0 Å². The van der Waals surface area contributed by atoms with Crippen LogP contribution in [-0.4, -0.2) is 56.4 Å². The van der Waals surface area contributed by atoms with Gasteiger partial charge in [-0.2, -0.15) is 0 Å². The van der Waals surface area contributed by atoms with Crippen molar-refractivity contribution in [1.29, 1.82) is 0 Å². The number of benzene rings is 2. The first kappa shape index (κ1) is 21.6. The molecular weight excluding hydrogens is 420 g/mol. The molecule has 8 heteroatoms. The van der Waals surface area contributed by atoms with Gasteiger partial charge in [0.2, 0.25) is 5.91 Å². The normalized spacial score (nSPS) is 16.6. The molecule has 0 unspecified atom stereocenters. The monoisotopic (exact) mass is 446 g/mol. The van der Waals surface area contributed by atoms with Crippen molar-refractivity contribution in [3.8, 4) is 23.0 Å². The number of carbonyl (C=O) groups excluding carboxylic acids is 1. The molecule has 7 nitrogen and oxygen atoms in total. The number of rotatable bonds is 7. The number of anilines is 1. The van der Waals surface area contributed by atoms with Gasteiger partial charge in [-0.05, 0) is 31.9 Å². The fourth-order valence-electron chi connectivity index (χ4n) is 3.74. The van der Waals surface area contributed by atoms with Gasteiger partial charge < -0.3 is 24.3 Å². The van der Waals surface area contributed by atoms with Crippen LogP contribution in [0, 0.1) is 0 Å². The van der Waals surface area contributed by atoms with Crippen LogP contribution in [0.2, 0.25) is 5.02 Å². The third kappa shape index (κ3) is 5.54. The summed E-state index contributed by atoms with van der Waals surface area (Å²) in [6.07, 6.45) is 1.80. The van der Waals surface area contributed by atoms with Crippen molar-refractivity contribution < 1.29 is 23.7 Å². The summed E-state index contributed by atoms with van der Waals surface area (Å²) in [5, 5.41) is 3.31. The largest absolute Gasteiger partial charge is 0.490 e. The van der Waals surface area contributed by atoms with Crippen LogP contribution in [0.1, 0.15) is 19.8 Å². The number of nitrogens with one attached hydrogen (secondary N) is 1. The number of amides is 1. The van der Waals surface area contributed by atoms with Crippen LogP contribution in [0.3, 0.4) is 0 Å². The molecule has 1 N–H and O–H groups in total. The van der Waals surface area contributed by atoms with Crippen LogP contribution in [0.25, 0.3) is 0 Å². The number of likely N-dealkylation sites (tertiary alicyclic amines) is 1. The van der Waals surface area contributed by atoms with Crippen molar-refractivity contribution in [3.63, 3.8) is 0 Å². The Morgan fingerprint density at radius 1 is 1.13 bits per heavy atom. The summed E-state index contributed by atoms with van der Waals surface area (Å²) in [5.74, 6) is 2.62. The Hall–Kier alpha value is -2.64. The fraction of sp³-hybridized carbons (Fsp3) is 0.435. The zero-order valence-corrected chi connectivity index (χ0v) is 18.3. The van der Waals surface area contributed by atoms with Crippen LogP contribution < -0.4 is 24.3 Å². The molecule has 0 atom stereocenters. The second-order valence-corrected chi connectivity index (χ2v) is 7.90. The van der Waals surface area contributed by atoms with E-state index in [4.69, 9.17) is 30.5 Å². The first-order valence-electron chi connectivity index (χ1n) is 10.6. The molecule has 0 radical (unpaired) electrons. The third-order valence-corrected chi connectivity index (χ3v) is 5.56. The average molecular weight is 447 g/mol. The van der Waals surface area contributed by atoms with Crippen molar-refractivity contribution in [3.05, 3.63) is 41.4 Å². The first-order chi connectivity index (χ1) is 15.1. The number of ether oxygens (including phenoxy) is 4. The Labute approximate surface area is 187 Å². The summed E-state index contributed by atoms with van der Waals surface area (Å²) >= 11 is 6.29. The van der Waals surface area contributed by atoms with Gasteiger partial charge in [-0.1, -0.05) is 23.7 Å². The van der Waals surface area contributed by atoms with Gasteiger partial charge in [-0.15, -0.1) is 0 Å². The average Bonchev–Trinajstić information content (AvgIpc) is 2.77. The predicted octanol–water partition coefficient (Wildman–Crippen LogP) is 3.99. The number of hydrogen-bond donors (Lipinski definition) is 1. The molecule has 1 amide bonds. The van der Waals surface area contributed by atoms with Gasteiger partial charge in [0.05, 0.1) is 23.9 Å². The summed E-state index contributed by atoms with van der Waals surface area (Å²) in [6.45, 7) is 5.39. The van der Waals surface area contributed by atoms with Gasteiger partial charge in [-0.25, -0.2) is 0 Å². The quantitative estimate of drug-likeness (QED) is 0.693. The Morgan fingerprint density at radius 3 is 2.52 bits per heavy atom. The number of piperidine rings is 1. The van der Waals surface area contributed by atoms with Crippen LogP contribution in [0.15, 0.2) is 36.4 Å². The Morgan fingerprint density at radius 2 is 1.81 bits per heavy atom. The van der Waals surface area contributed by atoms with E-state index in [1.807, 2.05) is 31.2 Å². The molecule has 2 heterocycles. The molecule has 2 aliphatic rings. The standard InChI is InChI=1S/C23H27ClN2O5/c1-2-28-19-5-3-4-6-20(19)31-16-7-9-26(10-8-16)15-23(27)25-18-14-22-21(13-17(18)24)29-11-12-30-22/h3-6,13-14,16H,2,7-12,15H2,1H3,(H,25,27). The SMILES string of the molecule is CCOc1ccccc1OC1CCN(CC(=O)Nc2cc3c(cc2Cl)OCCO3)CC1. The molecule has 0 saturated carbocycles. The third-order valence-electron chi connectivity index (χ3n) is 5.25. The number of carbonyl (C=O) groups is 1. The second-order valence-electron chi connectivity index (χ2n) is 7.50. The van der Waals surface area contributed by atoms with Crippen molar-refractivity contribution in [1.82, 2.24) is 4.90 Å².